The molecule has 7 rings (SSSR count). The summed E-state index contributed by atoms with van der Waals surface area (Å²) in [6, 6.07) is 37.5. The second kappa shape index (κ2) is 9.40. The number of anilines is 2. The van der Waals surface area contributed by atoms with E-state index in [1.54, 1.807) is 0 Å². The maximum absolute atomic E-state index is 5.30. The Hall–Kier alpha value is -4.97. The molecule has 2 aliphatic heterocycles. The largest absolute Gasteiger partial charge is 0.337 e. The van der Waals surface area contributed by atoms with Crippen LogP contribution in [0.25, 0.3) is 5.69 Å². The average molecular weight is 509 g/mol. The van der Waals surface area contributed by atoms with Crippen LogP contribution in [-0.2, 0) is 6.42 Å². The maximum Gasteiger partial charge on any atom is 0.179 e. The topological polar surface area (TPSA) is 57.8 Å². The van der Waals surface area contributed by atoms with Crippen molar-refractivity contribution >= 4 is 34.6 Å². The van der Waals surface area contributed by atoms with E-state index in [-0.39, 0.29) is 6.04 Å². The van der Waals surface area contributed by atoms with E-state index >= 15 is 0 Å². The first-order valence-electron chi connectivity index (χ1n) is 13.3. The van der Waals surface area contributed by atoms with E-state index in [4.69, 9.17) is 15.1 Å². The molecule has 3 heterocycles. The zero-order chi connectivity index (χ0) is 26.3. The van der Waals surface area contributed by atoms with Crippen LogP contribution in [0.1, 0.15) is 35.3 Å². The molecule has 0 amide bonds. The first kappa shape index (κ1) is 23.2. The van der Waals surface area contributed by atoms with Gasteiger partial charge in [0, 0.05) is 11.3 Å². The van der Waals surface area contributed by atoms with Crippen molar-refractivity contribution in [3.63, 3.8) is 0 Å². The van der Waals surface area contributed by atoms with Crippen LogP contribution < -0.4 is 10.2 Å². The molecule has 0 unspecified atom stereocenters. The van der Waals surface area contributed by atoms with Crippen LogP contribution in [0.3, 0.4) is 0 Å². The SMILES string of the molecule is CCc1ccc(NC2=Nc3ccccc3N3C2=Nc2c(c(C)nn2-c2ccccc2)[C@@H]3c2ccccc2)cc1. The number of fused-ring (bicyclic) bond motifs is 4. The zero-order valence-corrected chi connectivity index (χ0v) is 21.9. The van der Waals surface area contributed by atoms with Crippen molar-refractivity contribution in [1.29, 1.82) is 0 Å². The van der Waals surface area contributed by atoms with E-state index in [9.17, 15) is 0 Å². The molecule has 0 radical (unpaired) electrons. The van der Waals surface area contributed by atoms with Crippen LogP contribution in [0.15, 0.2) is 119 Å². The molecule has 0 aliphatic carbocycles. The summed E-state index contributed by atoms with van der Waals surface area (Å²) in [5.74, 6) is 2.31. The lowest BCUT2D eigenvalue weighted by molar-refractivity contribution is 0.815. The molecule has 0 saturated carbocycles. The summed E-state index contributed by atoms with van der Waals surface area (Å²) in [7, 11) is 0. The molecule has 0 saturated heterocycles. The van der Waals surface area contributed by atoms with Crippen LogP contribution in [0.2, 0.25) is 0 Å². The molecular weight excluding hydrogens is 480 g/mol. The van der Waals surface area contributed by atoms with Gasteiger partial charge in [-0.1, -0.05) is 79.7 Å². The van der Waals surface area contributed by atoms with Gasteiger partial charge in [0.25, 0.3) is 0 Å². The Kier molecular flexibility index (Phi) is 5.59. The Balaban J connectivity index is 1.47. The second-order valence-electron chi connectivity index (χ2n) is 9.81. The highest BCUT2D eigenvalue weighted by Gasteiger charge is 2.41. The van der Waals surface area contributed by atoms with Crippen molar-refractivity contribution in [3.8, 4) is 5.69 Å². The molecule has 1 atom stereocenters. The minimum Gasteiger partial charge on any atom is -0.337 e. The molecule has 6 heteroatoms. The number of nitrogens with zero attached hydrogens (tertiary/aromatic N) is 5. The van der Waals surface area contributed by atoms with Crippen molar-refractivity contribution in [2.45, 2.75) is 26.3 Å². The Bertz CT molecular complexity index is 1720. The van der Waals surface area contributed by atoms with Crippen LogP contribution in [0.4, 0.5) is 22.9 Å². The van der Waals surface area contributed by atoms with Gasteiger partial charge < -0.3 is 10.2 Å². The predicted octanol–water partition coefficient (Wildman–Crippen LogP) is 7.54. The van der Waals surface area contributed by atoms with Gasteiger partial charge in [-0.3, -0.25) is 0 Å². The minimum atomic E-state index is -0.123. The van der Waals surface area contributed by atoms with Gasteiger partial charge in [0.1, 0.15) is 0 Å². The van der Waals surface area contributed by atoms with E-state index in [0.29, 0.717) is 5.84 Å². The van der Waals surface area contributed by atoms with Gasteiger partial charge in [-0.25, -0.2) is 14.7 Å². The fourth-order valence-corrected chi connectivity index (χ4v) is 5.46. The number of amidine groups is 2. The van der Waals surface area contributed by atoms with Crippen LogP contribution in [-0.4, -0.2) is 21.5 Å². The normalized spacial score (nSPS) is 15.5. The van der Waals surface area contributed by atoms with E-state index in [0.717, 1.165) is 52.1 Å². The summed E-state index contributed by atoms with van der Waals surface area (Å²) in [4.78, 5) is 12.7. The molecular formula is C33H28N6. The van der Waals surface area contributed by atoms with Crippen molar-refractivity contribution in [2.75, 3.05) is 10.2 Å². The van der Waals surface area contributed by atoms with Gasteiger partial charge in [0.2, 0.25) is 0 Å². The fourth-order valence-electron chi connectivity index (χ4n) is 5.46. The number of para-hydroxylation sites is 3. The highest BCUT2D eigenvalue weighted by Crippen LogP contribution is 2.48. The molecule has 6 nitrogen and oxygen atoms in total. The number of aliphatic imine (C=N–C) groups is 2. The van der Waals surface area contributed by atoms with Gasteiger partial charge in [-0.05, 0) is 60.9 Å². The number of benzene rings is 4. The summed E-state index contributed by atoms with van der Waals surface area (Å²) in [6.07, 6.45) is 0.999. The van der Waals surface area contributed by atoms with Gasteiger partial charge >= 0.3 is 0 Å². The lowest BCUT2D eigenvalue weighted by atomic mass is 9.93. The van der Waals surface area contributed by atoms with Crippen molar-refractivity contribution in [3.05, 3.63) is 132 Å². The van der Waals surface area contributed by atoms with Gasteiger partial charge in [0.15, 0.2) is 17.5 Å². The molecule has 0 fully saturated rings. The molecule has 4 aromatic carbocycles. The van der Waals surface area contributed by atoms with Crippen LogP contribution in [0, 0.1) is 6.92 Å². The zero-order valence-electron chi connectivity index (χ0n) is 21.9. The lowest BCUT2D eigenvalue weighted by Gasteiger charge is -2.40. The number of nitrogens with one attached hydrogen (secondary N) is 1. The predicted molar refractivity (Wildman–Crippen MR) is 159 cm³/mol. The summed E-state index contributed by atoms with van der Waals surface area (Å²) < 4.78 is 1.96. The number of aromatic nitrogens is 2. The summed E-state index contributed by atoms with van der Waals surface area (Å²) in [5.41, 5.74) is 8.39. The van der Waals surface area contributed by atoms with Gasteiger partial charge in [0.05, 0.1) is 28.8 Å². The fraction of sp³-hybridized carbons (Fsp3) is 0.121. The van der Waals surface area contributed by atoms with E-state index in [2.05, 4.69) is 109 Å². The van der Waals surface area contributed by atoms with E-state index in [1.807, 2.05) is 28.9 Å². The Morgan fingerprint density at radius 1 is 0.769 bits per heavy atom. The smallest absolute Gasteiger partial charge is 0.179 e. The van der Waals surface area contributed by atoms with E-state index in [1.165, 1.54) is 11.1 Å². The van der Waals surface area contributed by atoms with Gasteiger partial charge in [-0.15, -0.1) is 0 Å². The average Bonchev–Trinajstić information content (AvgIpc) is 3.33. The second-order valence-corrected chi connectivity index (χ2v) is 9.81. The molecule has 2 aliphatic rings. The third kappa shape index (κ3) is 3.92. The van der Waals surface area contributed by atoms with Crippen LogP contribution in [0.5, 0.6) is 0 Å². The molecule has 5 aromatic rings. The first-order valence-corrected chi connectivity index (χ1v) is 13.3. The standard InChI is InChI=1S/C33H28N6/c1-3-23-18-20-25(21-19-23)34-31-33-36-32-29(22(2)37-39(32)26-14-8-5-9-15-26)30(24-12-6-4-7-13-24)38(33)28-17-11-10-16-27(28)35-31/h4-21,30H,3H2,1-2H3,(H,34,35)/t30-/m0/s1. The maximum atomic E-state index is 5.30. The highest BCUT2D eigenvalue weighted by atomic mass is 15.4. The monoisotopic (exact) mass is 508 g/mol. The Morgan fingerprint density at radius 3 is 2.21 bits per heavy atom. The van der Waals surface area contributed by atoms with E-state index < -0.39 is 0 Å². The summed E-state index contributed by atoms with van der Waals surface area (Å²) in [6.45, 7) is 4.24. The van der Waals surface area contributed by atoms with Crippen molar-refractivity contribution < 1.29 is 0 Å². The number of rotatable bonds is 4. The molecule has 0 spiro atoms. The molecule has 39 heavy (non-hydrogen) atoms. The third-order valence-electron chi connectivity index (χ3n) is 7.38. The molecule has 190 valence electrons. The summed E-state index contributed by atoms with van der Waals surface area (Å²) in [5, 5.41) is 8.59. The Morgan fingerprint density at radius 2 is 1.46 bits per heavy atom. The van der Waals surface area contributed by atoms with Crippen molar-refractivity contribution in [1.82, 2.24) is 9.78 Å². The minimum absolute atomic E-state index is 0.123. The number of aryl methyl sites for hydroxylation is 2. The first-order chi connectivity index (χ1) is 19.2. The third-order valence-corrected chi connectivity index (χ3v) is 7.38. The highest BCUT2D eigenvalue weighted by molar-refractivity contribution is 6.51. The number of hydrogen-bond acceptors (Lipinski definition) is 5. The molecule has 1 N–H and O–H groups in total. The number of hydrogen-bond donors (Lipinski definition) is 1. The Labute approximate surface area is 228 Å². The van der Waals surface area contributed by atoms with Crippen LogP contribution >= 0.6 is 0 Å². The quantitative estimate of drug-likeness (QED) is 0.273. The van der Waals surface area contributed by atoms with Crippen molar-refractivity contribution in [2.24, 2.45) is 9.98 Å². The summed E-state index contributed by atoms with van der Waals surface area (Å²) >= 11 is 0. The molecule has 0 bridgehead atoms. The van der Waals surface area contributed by atoms with Gasteiger partial charge in [-0.2, -0.15) is 5.10 Å². The lowest BCUT2D eigenvalue weighted by Crippen LogP contribution is -2.46. The molecule has 1 aromatic heterocycles.